The summed E-state index contributed by atoms with van der Waals surface area (Å²) in [6.07, 6.45) is 3.06. The summed E-state index contributed by atoms with van der Waals surface area (Å²) in [5.74, 6) is 0.240. The van der Waals surface area contributed by atoms with Crippen molar-refractivity contribution in [3.05, 3.63) is 16.4 Å². The predicted octanol–water partition coefficient (Wildman–Crippen LogP) is 1.36. The second-order valence-corrected chi connectivity index (χ2v) is 5.87. The molecule has 0 saturated heterocycles. The van der Waals surface area contributed by atoms with E-state index in [1.807, 2.05) is 0 Å². The van der Waals surface area contributed by atoms with Crippen LogP contribution in [0, 0.1) is 4.78 Å². The Bertz CT molecular complexity index is 362. The summed E-state index contributed by atoms with van der Waals surface area (Å²) in [6, 6.07) is 0. The third kappa shape index (κ3) is 2.31. The van der Waals surface area contributed by atoms with Gasteiger partial charge in [0.15, 0.2) is 0 Å². The summed E-state index contributed by atoms with van der Waals surface area (Å²) in [5.41, 5.74) is 0.803. The zero-order chi connectivity index (χ0) is 9.35. The van der Waals surface area contributed by atoms with E-state index in [4.69, 9.17) is 4.78 Å². The van der Waals surface area contributed by atoms with E-state index in [-0.39, 0.29) is 5.75 Å². The van der Waals surface area contributed by atoms with Crippen molar-refractivity contribution in [1.29, 1.82) is 4.78 Å². The maximum atomic E-state index is 11.2. The Hall–Kier alpha value is -0.360. The van der Waals surface area contributed by atoms with Crippen LogP contribution in [0.5, 0.6) is 0 Å². The van der Waals surface area contributed by atoms with Crippen LogP contribution in [0.2, 0.25) is 0 Å². The van der Waals surface area contributed by atoms with Crippen LogP contribution in [0.1, 0.15) is 5.69 Å². The van der Waals surface area contributed by atoms with Crippen LogP contribution in [0.15, 0.2) is 10.7 Å². The van der Waals surface area contributed by atoms with E-state index >= 15 is 0 Å². The molecule has 1 unspecified atom stereocenters. The molecule has 12 heavy (non-hydrogen) atoms. The summed E-state index contributed by atoms with van der Waals surface area (Å²) in [4.78, 5) is 0. The first-order valence-corrected chi connectivity index (χ1v) is 6.21. The number of nitrogens with zero attached hydrogens (tertiary/aromatic N) is 2. The van der Waals surface area contributed by atoms with Gasteiger partial charge in [-0.05, 0) is 15.9 Å². The van der Waals surface area contributed by atoms with Crippen LogP contribution in [0.25, 0.3) is 0 Å². The fourth-order valence-electron chi connectivity index (χ4n) is 0.859. The molecule has 1 rings (SSSR count). The van der Waals surface area contributed by atoms with E-state index in [1.54, 1.807) is 17.9 Å². The molecule has 0 bridgehead atoms. The molecule has 0 radical (unpaired) electrons. The molecule has 0 aromatic carbocycles. The van der Waals surface area contributed by atoms with Crippen LogP contribution in [0.3, 0.4) is 0 Å². The standard InChI is InChI=1S/C6H10BrN3OS/c1-10-6(4-12(2,8)11)5(7)3-9-10/h3,8H,4H2,1-2H3. The van der Waals surface area contributed by atoms with E-state index in [2.05, 4.69) is 21.0 Å². The fourth-order valence-corrected chi connectivity index (χ4v) is 2.40. The topological polar surface area (TPSA) is 58.7 Å². The van der Waals surface area contributed by atoms with Crippen LogP contribution in [0.4, 0.5) is 0 Å². The van der Waals surface area contributed by atoms with Gasteiger partial charge < -0.3 is 0 Å². The molecule has 0 aliphatic heterocycles. The molecule has 1 aromatic heterocycles. The second-order valence-electron chi connectivity index (χ2n) is 2.71. The number of aryl methyl sites for hydroxylation is 1. The van der Waals surface area contributed by atoms with Gasteiger partial charge in [0.25, 0.3) is 0 Å². The fraction of sp³-hybridized carbons (Fsp3) is 0.500. The Morgan fingerprint density at radius 3 is 2.75 bits per heavy atom. The van der Waals surface area contributed by atoms with Crippen molar-refractivity contribution in [3.8, 4) is 0 Å². The molecule has 0 saturated carbocycles. The first-order chi connectivity index (χ1) is 5.40. The molecule has 0 spiro atoms. The number of nitrogens with one attached hydrogen (secondary N) is 1. The van der Waals surface area contributed by atoms with Gasteiger partial charge in [-0.25, -0.2) is 4.21 Å². The maximum absolute atomic E-state index is 11.2. The quantitative estimate of drug-likeness (QED) is 0.863. The number of aromatic nitrogens is 2. The summed E-state index contributed by atoms with van der Waals surface area (Å²) >= 11 is 3.28. The van der Waals surface area contributed by atoms with Gasteiger partial charge >= 0.3 is 0 Å². The molecule has 0 fully saturated rings. The molecular formula is C6H10BrN3OS. The Kier molecular flexibility index (Phi) is 2.58. The van der Waals surface area contributed by atoms with E-state index < -0.39 is 9.73 Å². The Labute approximate surface area is 80.1 Å². The molecule has 1 aromatic rings. The highest BCUT2D eigenvalue weighted by molar-refractivity contribution is 9.10. The predicted molar refractivity (Wildman–Crippen MR) is 51.4 cm³/mol. The SMILES string of the molecule is Cn1ncc(Br)c1CS(C)(=N)=O. The average molecular weight is 252 g/mol. The maximum Gasteiger partial charge on any atom is 0.0744 e. The van der Waals surface area contributed by atoms with Gasteiger partial charge in [0.05, 0.1) is 22.1 Å². The minimum Gasteiger partial charge on any atom is -0.271 e. The van der Waals surface area contributed by atoms with Gasteiger partial charge in [-0.1, -0.05) is 0 Å². The molecule has 1 heterocycles. The highest BCUT2D eigenvalue weighted by atomic mass is 79.9. The van der Waals surface area contributed by atoms with Crippen LogP contribution < -0.4 is 0 Å². The average Bonchev–Trinajstić information content (AvgIpc) is 2.16. The van der Waals surface area contributed by atoms with Crippen molar-refractivity contribution in [2.75, 3.05) is 6.26 Å². The van der Waals surface area contributed by atoms with Crippen molar-refractivity contribution in [2.45, 2.75) is 5.75 Å². The van der Waals surface area contributed by atoms with Gasteiger partial charge in [-0.15, -0.1) is 0 Å². The molecule has 6 heteroatoms. The molecular weight excluding hydrogens is 242 g/mol. The van der Waals surface area contributed by atoms with Crippen molar-refractivity contribution in [3.63, 3.8) is 0 Å². The minimum atomic E-state index is -2.48. The molecule has 0 amide bonds. The molecule has 4 nitrogen and oxygen atoms in total. The zero-order valence-corrected chi connectivity index (χ0v) is 9.28. The van der Waals surface area contributed by atoms with Gasteiger partial charge in [0.2, 0.25) is 0 Å². The molecule has 0 aliphatic rings. The van der Waals surface area contributed by atoms with Crippen LogP contribution in [-0.2, 0) is 22.5 Å². The lowest BCUT2D eigenvalue weighted by Crippen LogP contribution is -2.05. The Balaban J connectivity index is 3.04. The van der Waals surface area contributed by atoms with E-state index in [0.717, 1.165) is 10.2 Å². The van der Waals surface area contributed by atoms with E-state index in [9.17, 15) is 4.21 Å². The summed E-state index contributed by atoms with van der Waals surface area (Å²) in [7, 11) is -0.714. The van der Waals surface area contributed by atoms with Gasteiger partial charge in [-0.3, -0.25) is 9.46 Å². The van der Waals surface area contributed by atoms with Gasteiger partial charge in [0.1, 0.15) is 0 Å². The first kappa shape index (κ1) is 9.73. The largest absolute Gasteiger partial charge is 0.271 e. The van der Waals surface area contributed by atoms with E-state index in [0.29, 0.717) is 0 Å². The molecule has 1 N–H and O–H groups in total. The lowest BCUT2D eigenvalue weighted by molar-refractivity contribution is 0.672. The Morgan fingerprint density at radius 2 is 2.42 bits per heavy atom. The van der Waals surface area contributed by atoms with Gasteiger partial charge in [0, 0.05) is 23.0 Å². The zero-order valence-electron chi connectivity index (χ0n) is 6.87. The monoisotopic (exact) mass is 251 g/mol. The summed E-state index contributed by atoms with van der Waals surface area (Å²) in [6.45, 7) is 0. The van der Waals surface area contributed by atoms with Crippen molar-refractivity contribution in [2.24, 2.45) is 7.05 Å². The summed E-state index contributed by atoms with van der Waals surface area (Å²) in [5, 5.41) is 3.96. The number of hydrogen-bond donors (Lipinski definition) is 1. The normalized spacial score (nSPS) is 15.9. The lowest BCUT2D eigenvalue weighted by Gasteiger charge is -2.02. The smallest absolute Gasteiger partial charge is 0.0744 e. The first-order valence-electron chi connectivity index (χ1n) is 3.28. The number of rotatable bonds is 2. The lowest BCUT2D eigenvalue weighted by atomic mass is 10.5. The van der Waals surface area contributed by atoms with Gasteiger partial charge in [-0.2, -0.15) is 5.10 Å². The number of halogens is 1. The van der Waals surface area contributed by atoms with Crippen LogP contribution in [-0.4, -0.2) is 20.2 Å². The van der Waals surface area contributed by atoms with Crippen LogP contribution >= 0.6 is 15.9 Å². The summed E-state index contributed by atoms with van der Waals surface area (Å²) < 4.78 is 20.9. The van der Waals surface area contributed by atoms with Crippen molar-refractivity contribution >= 4 is 25.7 Å². The Morgan fingerprint density at radius 1 is 1.83 bits per heavy atom. The minimum absolute atomic E-state index is 0.240. The third-order valence-corrected chi connectivity index (χ3v) is 2.91. The molecule has 0 aliphatic carbocycles. The second kappa shape index (κ2) is 3.18. The number of hydrogen-bond acceptors (Lipinski definition) is 3. The molecule has 1 atom stereocenters. The molecule has 68 valence electrons. The third-order valence-electron chi connectivity index (χ3n) is 1.42. The van der Waals surface area contributed by atoms with Crippen molar-refractivity contribution in [1.82, 2.24) is 9.78 Å². The van der Waals surface area contributed by atoms with E-state index in [1.165, 1.54) is 6.26 Å². The highest BCUT2D eigenvalue weighted by Crippen LogP contribution is 2.17. The highest BCUT2D eigenvalue weighted by Gasteiger charge is 2.09. The van der Waals surface area contributed by atoms with Crippen molar-refractivity contribution < 1.29 is 4.21 Å².